The van der Waals surface area contributed by atoms with E-state index in [1.807, 2.05) is 0 Å². The molecule has 2 N–H and O–H groups in total. The number of pyridine rings is 2. The summed E-state index contributed by atoms with van der Waals surface area (Å²) in [6.45, 7) is 1.74. The Morgan fingerprint density at radius 3 is 2.58 bits per heavy atom. The highest BCUT2D eigenvalue weighted by Crippen LogP contribution is 2.37. The highest BCUT2D eigenvalue weighted by Gasteiger charge is 2.40. The molecule has 13 heteroatoms. The molecule has 174 valence electrons. The minimum absolute atomic E-state index is 0.0882. The van der Waals surface area contributed by atoms with Crippen molar-refractivity contribution < 1.29 is 23.0 Å². The first-order valence-electron chi connectivity index (χ1n) is 9.52. The molecule has 4 rings (SSSR count). The first-order chi connectivity index (χ1) is 15.6. The Labute approximate surface area is 195 Å². The number of ether oxygens (including phenoxy) is 1. The second-order valence-electron chi connectivity index (χ2n) is 7.04. The maximum atomic E-state index is 14.1. The molecule has 0 aromatic carbocycles. The van der Waals surface area contributed by atoms with Crippen LogP contribution in [-0.4, -0.2) is 36.6 Å². The summed E-state index contributed by atoms with van der Waals surface area (Å²) < 4.78 is 49.4. The van der Waals surface area contributed by atoms with Crippen molar-refractivity contribution in [1.82, 2.24) is 24.4 Å². The molecule has 0 aliphatic rings. The maximum absolute atomic E-state index is 14.1. The molecule has 0 saturated carbocycles. The molecule has 1 unspecified atom stereocenters. The minimum atomic E-state index is -4.83. The summed E-state index contributed by atoms with van der Waals surface area (Å²) >= 11 is 12.3. The summed E-state index contributed by atoms with van der Waals surface area (Å²) in [4.78, 5) is 4.16. The van der Waals surface area contributed by atoms with Crippen molar-refractivity contribution in [1.29, 1.82) is 0 Å². The molecule has 0 spiro atoms. The van der Waals surface area contributed by atoms with E-state index in [-0.39, 0.29) is 27.7 Å². The third kappa shape index (κ3) is 4.36. The van der Waals surface area contributed by atoms with E-state index < -0.39 is 23.7 Å². The van der Waals surface area contributed by atoms with Crippen molar-refractivity contribution in [3.8, 4) is 5.69 Å². The van der Waals surface area contributed by atoms with E-state index in [2.05, 4.69) is 20.5 Å². The topological polar surface area (TPSA) is 89.5 Å². The number of hydrogen-bond donors (Lipinski definition) is 2. The summed E-state index contributed by atoms with van der Waals surface area (Å²) in [6.07, 6.45) is -3.29. The molecule has 0 saturated heterocycles. The molecule has 0 amide bonds. The molecule has 33 heavy (non-hydrogen) atoms. The number of methoxy groups -OCH3 is 1. The largest absolute Gasteiger partial charge is 0.433 e. The minimum Gasteiger partial charge on any atom is -0.375 e. The zero-order chi connectivity index (χ0) is 23.9. The predicted molar refractivity (Wildman–Crippen MR) is 116 cm³/mol. The average Bonchev–Trinajstić information content (AvgIpc) is 3.41. The normalized spacial score (nSPS) is 13.9. The fourth-order valence-corrected chi connectivity index (χ4v) is 3.87. The molecule has 8 nitrogen and oxygen atoms in total. The Bertz CT molecular complexity index is 1310. The Morgan fingerprint density at radius 2 is 1.91 bits per heavy atom. The molecule has 0 aliphatic heterocycles. The van der Waals surface area contributed by atoms with E-state index >= 15 is 0 Å². The van der Waals surface area contributed by atoms with Gasteiger partial charge in [0.05, 0.1) is 57.9 Å². The van der Waals surface area contributed by atoms with Gasteiger partial charge in [-0.1, -0.05) is 23.2 Å². The van der Waals surface area contributed by atoms with Crippen LogP contribution in [0.15, 0.2) is 42.9 Å². The first kappa shape index (κ1) is 23.3. The number of halogens is 5. The number of fused-ring (bicyclic) bond motifs is 1. The van der Waals surface area contributed by atoms with Gasteiger partial charge in [0.15, 0.2) is 11.9 Å². The van der Waals surface area contributed by atoms with Crippen molar-refractivity contribution in [2.24, 2.45) is 0 Å². The molecule has 2 atom stereocenters. The molecular formula is C20H17Cl2F3N6O2. The van der Waals surface area contributed by atoms with E-state index in [0.717, 1.165) is 6.20 Å². The van der Waals surface area contributed by atoms with Gasteiger partial charge in [-0.15, -0.1) is 0 Å². The van der Waals surface area contributed by atoms with Crippen LogP contribution < -0.4 is 5.32 Å². The van der Waals surface area contributed by atoms with Crippen LogP contribution in [0.5, 0.6) is 0 Å². The third-order valence-corrected chi connectivity index (χ3v) is 5.58. The fraction of sp³-hybridized carbons (Fsp3) is 0.250. The van der Waals surface area contributed by atoms with Crippen molar-refractivity contribution in [3.63, 3.8) is 0 Å². The summed E-state index contributed by atoms with van der Waals surface area (Å²) in [7, 11) is 1.49. The molecule has 4 heterocycles. The predicted octanol–water partition coefficient (Wildman–Crippen LogP) is 5.05. The molecule has 4 aromatic heterocycles. The number of hydrogen-bond acceptors (Lipinski definition) is 6. The van der Waals surface area contributed by atoms with Gasteiger partial charge in [0.2, 0.25) is 0 Å². The summed E-state index contributed by atoms with van der Waals surface area (Å²) in [5, 5.41) is 21.5. The number of anilines is 1. The van der Waals surface area contributed by atoms with Crippen molar-refractivity contribution >= 4 is 34.4 Å². The van der Waals surface area contributed by atoms with E-state index in [4.69, 9.17) is 27.9 Å². The number of nitrogens with one attached hydrogen (secondary N) is 1. The number of aliphatic hydroxyl groups excluding tert-OH is 1. The zero-order valence-corrected chi connectivity index (χ0v) is 18.7. The van der Waals surface area contributed by atoms with Crippen LogP contribution in [0.1, 0.15) is 36.2 Å². The van der Waals surface area contributed by atoms with Gasteiger partial charge in [-0.25, -0.2) is 9.20 Å². The molecule has 0 bridgehead atoms. The number of rotatable bonds is 6. The quantitative estimate of drug-likeness (QED) is 0.284. The van der Waals surface area contributed by atoms with Gasteiger partial charge in [0, 0.05) is 7.11 Å². The molecule has 0 aliphatic carbocycles. The van der Waals surface area contributed by atoms with E-state index in [9.17, 15) is 18.3 Å². The fourth-order valence-electron chi connectivity index (χ4n) is 3.35. The monoisotopic (exact) mass is 500 g/mol. The number of aromatic nitrogens is 5. The van der Waals surface area contributed by atoms with Gasteiger partial charge in [-0.2, -0.15) is 23.4 Å². The van der Waals surface area contributed by atoms with Crippen LogP contribution in [0.3, 0.4) is 0 Å². The smallest absolute Gasteiger partial charge is 0.375 e. The molecule has 0 fully saturated rings. The zero-order valence-electron chi connectivity index (χ0n) is 17.2. The Hall–Kier alpha value is -2.86. The molecule has 0 radical (unpaired) electrons. The second-order valence-corrected chi connectivity index (χ2v) is 7.84. The Balaban J connectivity index is 1.73. The van der Waals surface area contributed by atoms with Crippen LogP contribution >= 0.6 is 23.2 Å². The van der Waals surface area contributed by atoms with Gasteiger partial charge in [-0.05, 0) is 31.2 Å². The van der Waals surface area contributed by atoms with Crippen LogP contribution in [-0.2, 0) is 10.9 Å². The lowest BCUT2D eigenvalue weighted by molar-refractivity contribution is -0.144. The highest BCUT2D eigenvalue weighted by atomic mass is 35.5. The number of alkyl halides is 3. The lowest BCUT2D eigenvalue weighted by Crippen LogP contribution is -2.20. The average molecular weight is 501 g/mol. The van der Waals surface area contributed by atoms with Gasteiger partial charge in [0.25, 0.3) is 0 Å². The number of aliphatic hydroxyl groups is 1. The summed E-state index contributed by atoms with van der Waals surface area (Å²) in [6, 6.07) is 5.75. The third-order valence-electron chi connectivity index (χ3n) is 4.99. The van der Waals surface area contributed by atoms with E-state index in [0.29, 0.717) is 15.9 Å². The van der Waals surface area contributed by atoms with Crippen molar-refractivity contribution in [3.05, 3.63) is 70.0 Å². The second kappa shape index (κ2) is 8.82. The van der Waals surface area contributed by atoms with Gasteiger partial charge >= 0.3 is 6.18 Å². The van der Waals surface area contributed by atoms with Crippen LogP contribution in [0.25, 0.3) is 11.2 Å². The van der Waals surface area contributed by atoms with Gasteiger partial charge in [0.1, 0.15) is 5.15 Å². The van der Waals surface area contributed by atoms with Crippen LogP contribution in [0.4, 0.5) is 18.9 Å². The lowest BCUT2D eigenvalue weighted by Gasteiger charge is -2.18. The van der Waals surface area contributed by atoms with Crippen molar-refractivity contribution in [2.75, 3.05) is 12.4 Å². The standard InChI is InChI=1S/C20H17Cl2F3N6O2/c1-10(33-2)17-13(21)7-11(8-26-17)29-19(32)12-9-28-31(18(12)20(23,24)25)14-3-4-16(22)30-15(14)5-6-27-30/h3-10,19,29,32H,1-2H3/t10-,19?/m0/s1. The van der Waals surface area contributed by atoms with Crippen LogP contribution in [0.2, 0.25) is 10.2 Å². The first-order valence-corrected chi connectivity index (χ1v) is 10.3. The Kier molecular flexibility index (Phi) is 6.23. The van der Waals surface area contributed by atoms with E-state index in [1.165, 1.54) is 48.3 Å². The highest BCUT2D eigenvalue weighted by molar-refractivity contribution is 6.31. The van der Waals surface area contributed by atoms with Crippen molar-refractivity contribution in [2.45, 2.75) is 25.4 Å². The SMILES string of the molecule is CO[C@@H](C)c1ncc(NC(O)c2cnn(-c3ccc(Cl)n4nccc34)c2C(F)(F)F)cc1Cl. The molecular weight excluding hydrogens is 484 g/mol. The van der Waals surface area contributed by atoms with Crippen LogP contribution in [0, 0.1) is 0 Å². The molecule has 4 aromatic rings. The van der Waals surface area contributed by atoms with Gasteiger partial charge < -0.3 is 15.2 Å². The lowest BCUT2D eigenvalue weighted by atomic mass is 10.2. The van der Waals surface area contributed by atoms with E-state index in [1.54, 1.807) is 6.92 Å². The summed E-state index contributed by atoms with van der Waals surface area (Å²) in [5.41, 5.74) is -0.577. The summed E-state index contributed by atoms with van der Waals surface area (Å²) in [5.74, 6) is 0. The maximum Gasteiger partial charge on any atom is 0.433 e. The Morgan fingerprint density at radius 1 is 1.15 bits per heavy atom. The number of nitrogens with zero attached hydrogens (tertiary/aromatic N) is 5. The van der Waals surface area contributed by atoms with Gasteiger partial charge in [-0.3, -0.25) is 4.98 Å².